The summed E-state index contributed by atoms with van der Waals surface area (Å²) in [5, 5.41) is 2.70. The van der Waals surface area contributed by atoms with Crippen molar-refractivity contribution in [2.75, 3.05) is 31.1 Å². The summed E-state index contributed by atoms with van der Waals surface area (Å²) >= 11 is 0. The van der Waals surface area contributed by atoms with Gasteiger partial charge in [-0.1, -0.05) is 0 Å². The van der Waals surface area contributed by atoms with E-state index in [2.05, 4.69) is 20.3 Å². The molecule has 37 heavy (non-hydrogen) atoms. The molecule has 2 saturated heterocycles. The number of pyridine rings is 1. The number of fused-ring (bicyclic) bond motifs is 1. The minimum Gasteiger partial charge on any atom is -0.476 e. The highest BCUT2D eigenvalue weighted by Gasteiger charge is 2.37. The van der Waals surface area contributed by atoms with Crippen molar-refractivity contribution >= 4 is 17.5 Å². The van der Waals surface area contributed by atoms with E-state index in [0.29, 0.717) is 56.8 Å². The number of alkyl halides is 3. The predicted molar refractivity (Wildman–Crippen MR) is 124 cm³/mol. The van der Waals surface area contributed by atoms with Crippen molar-refractivity contribution in [3.63, 3.8) is 0 Å². The zero-order valence-corrected chi connectivity index (χ0v) is 20.3. The SMILES string of the molecule is CCOc1ncc(C(F)(F)F)cc1N1CCc2ncnc(OC3CCN(C(=O)C4CCC(=O)N4)C3)c2C1. The number of likely N-dealkylation sites (tertiary alicyclic amines) is 1. The first kappa shape index (κ1) is 25.0. The average Bonchev–Trinajstić information content (AvgIpc) is 3.52. The summed E-state index contributed by atoms with van der Waals surface area (Å²) in [5.41, 5.74) is 0.834. The average molecular weight is 521 g/mol. The van der Waals surface area contributed by atoms with Crippen LogP contribution in [0.1, 0.15) is 43.0 Å². The number of ether oxygens (including phenoxy) is 2. The maximum absolute atomic E-state index is 13.4. The lowest BCUT2D eigenvalue weighted by atomic mass is 10.1. The Hall–Kier alpha value is -3.64. The number of rotatable bonds is 6. The number of anilines is 1. The van der Waals surface area contributed by atoms with E-state index in [0.717, 1.165) is 18.0 Å². The normalized spacial score (nSPS) is 21.6. The third kappa shape index (κ3) is 5.25. The van der Waals surface area contributed by atoms with Crippen LogP contribution >= 0.6 is 0 Å². The second kappa shape index (κ2) is 10.0. The van der Waals surface area contributed by atoms with Gasteiger partial charge < -0.3 is 24.6 Å². The molecule has 0 radical (unpaired) electrons. The smallest absolute Gasteiger partial charge is 0.417 e. The summed E-state index contributed by atoms with van der Waals surface area (Å²) in [6.45, 7) is 3.51. The Labute approximate surface area is 211 Å². The van der Waals surface area contributed by atoms with Crippen LogP contribution in [-0.2, 0) is 28.7 Å². The van der Waals surface area contributed by atoms with Gasteiger partial charge in [-0.25, -0.2) is 15.0 Å². The predicted octanol–water partition coefficient (Wildman–Crippen LogP) is 2.11. The molecule has 2 amide bonds. The van der Waals surface area contributed by atoms with Gasteiger partial charge in [0.15, 0.2) is 0 Å². The molecule has 0 bridgehead atoms. The molecule has 3 aliphatic rings. The molecule has 0 spiro atoms. The number of hydrogen-bond acceptors (Lipinski definition) is 8. The number of carbonyl (C=O) groups excluding carboxylic acids is 2. The summed E-state index contributed by atoms with van der Waals surface area (Å²) < 4.78 is 51.9. The minimum absolute atomic E-state index is 0.117. The first-order chi connectivity index (χ1) is 17.7. The molecule has 13 heteroatoms. The maximum atomic E-state index is 13.4. The molecular weight excluding hydrogens is 493 g/mol. The third-order valence-corrected chi connectivity index (χ3v) is 6.77. The fourth-order valence-corrected chi connectivity index (χ4v) is 4.89. The van der Waals surface area contributed by atoms with Gasteiger partial charge in [-0.3, -0.25) is 9.59 Å². The highest BCUT2D eigenvalue weighted by molar-refractivity contribution is 5.91. The molecule has 2 fully saturated rings. The summed E-state index contributed by atoms with van der Waals surface area (Å²) in [5.74, 6) is 0.239. The van der Waals surface area contributed by atoms with E-state index in [1.807, 2.05) is 0 Å². The molecule has 0 saturated carbocycles. The lowest BCUT2D eigenvalue weighted by molar-refractivity contribution is -0.137. The number of carbonyl (C=O) groups is 2. The lowest BCUT2D eigenvalue weighted by Crippen LogP contribution is -2.44. The summed E-state index contributed by atoms with van der Waals surface area (Å²) in [7, 11) is 0. The van der Waals surface area contributed by atoms with Crippen LogP contribution in [0.25, 0.3) is 0 Å². The van der Waals surface area contributed by atoms with E-state index in [1.54, 1.807) is 16.7 Å². The molecular formula is C24H27F3N6O4. The largest absolute Gasteiger partial charge is 0.476 e. The van der Waals surface area contributed by atoms with Crippen molar-refractivity contribution in [1.29, 1.82) is 0 Å². The zero-order chi connectivity index (χ0) is 26.2. The fraction of sp³-hybridized carbons (Fsp3) is 0.542. The second-order valence-electron chi connectivity index (χ2n) is 9.23. The fourth-order valence-electron chi connectivity index (χ4n) is 4.89. The number of nitrogens with one attached hydrogen (secondary N) is 1. The Morgan fingerprint density at radius 1 is 1.16 bits per heavy atom. The van der Waals surface area contributed by atoms with Crippen LogP contribution < -0.4 is 19.7 Å². The van der Waals surface area contributed by atoms with Gasteiger partial charge in [-0.2, -0.15) is 13.2 Å². The monoisotopic (exact) mass is 520 g/mol. The zero-order valence-electron chi connectivity index (χ0n) is 20.3. The van der Waals surface area contributed by atoms with E-state index in [4.69, 9.17) is 9.47 Å². The Bertz CT molecular complexity index is 1190. The molecule has 3 aliphatic heterocycles. The molecule has 0 aromatic carbocycles. The molecule has 10 nitrogen and oxygen atoms in total. The number of hydrogen-bond donors (Lipinski definition) is 1. The molecule has 2 aromatic rings. The molecule has 198 valence electrons. The van der Waals surface area contributed by atoms with Crippen molar-refractivity contribution < 1.29 is 32.2 Å². The summed E-state index contributed by atoms with van der Waals surface area (Å²) in [6.07, 6.45) is -0.743. The second-order valence-corrected chi connectivity index (χ2v) is 9.23. The van der Waals surface area contributed by atoms with Crippen molar-refractivity contribution in [3.8, 4) is 11.8 Å². The van der Waals surface area contributed by atoms with E-state index in [1.165, 1.54) is 6.33 Å². The van der Waals surface area contributed by atoms with Gasteiger partial charge >= 0.3 is 6.18 Å². The standard InChI is InChI=1S/C24H27F3N6O4/c1-2-36-22-19(9-14(10-28-22)24(25,26)27)32-8-6-17-16(12-32)21(30-13-29-17)37-15-5-7-33(11-15)23(35)18-3-4-20(34)31-18/h9-10,13,15,18H,2-8,11-12H2,1H3,(H,31,34). The first-order valence-electron chi connectivity index (χ1n) is 12.3. The first-order valence-corrected chi connectivity index (χ1v) is 12.3. The van der Waals surface area contributed by atoms with Crippen LogP contribution in [0.2, 0.25) is 0 Å². The molecule has 5 heterocycles. The Morgan fingerprint density at radius 3 is 2.73 bits per heavy atom. The van der Waals surface area contributed by atoms with Gasteiger partial charge in [0.25, 0.3) is 0 Å². The summed E-state index contributed by atoms with van der Waals surface area (Å²) in [4.78, 5) is 40.2. The number of amides is 2. The van der Waals surface area contributed by atoms with Crippen molar-refractivity contribution in [1.82, 2.24) is 25.2 Å². The molecule has 2 unspecified atom stereocenters. The third-order valence-electron chi connectivity index (χ3n) is 6.77. The maximum Gasteiger partial charge on any atom is 0.417 e. The molecule has 5 rings (SSSR count). The topological polar surface area (TPSA) is 110 Å². The molecule has 1 N–H and O–H groups in total. The van der Waals surface area contributed by atoms with E-state index in [-0.39, 0.29) is 42.6 Å². The molecule has 2 atom stereocenters. The van der Waals surface area contributed by atoms with Gasteiger partial charge in [0.2, 0.25) is 23.6 Å². The van der Waals surface area contributed by atoms with Crippen molar-refractivity contribution in [2.24, 2.45) is 0 Å². The van der Waals surface area contributed by atoms with Gasteiger partial charge in [-0.15, -0.1) is 0 Å². The van der Waals surface area contributed by atoms with Crippen molar-refractivity contribution in [2.45, 2.75) is 57.5 Å². The minimum atomic E-state index is -4.54. The van der Waals surface area contributed by atoms with Crippen molar-refractivity contribution in [3.05, 3.63) is 35.4 Å². The molecule has 0 aliphatic carbocycles. The number of nitrogens with zero attached hydrogens (tertiary/aromatic N) is 5. The quantitative estimate of drug-likeness (QED) is 0.617. The highest BCUT2D eigenvalue weighted by atomic mass is 19.4. The Morgan fingerprint density at radius 2 is 2.00 bits per heavy atom. The van der Waals surface area contributed by atoms with E-state index >= 15 is 0 Å². The number of halogens is 3. The molecule has 2 aromatic heterocycles. The van der Waals surface area contributed by atoms with E-state index in [9.17, 15) is 22.8 Å². The van der Waals surface area contributed by atoms with Gasteiger partial charge in [0, 0.05) is 38.5 Å². The summed E-state index contributed by atoms with van der Waals surface area (Å²) in [6, 6.07) is 0.558. The highest BCUT2D eigenvalue weighted by Crippen LogP contribution is 2.38. The van der Waals surface area contributed by atoms with Gasteiger partial charge in [-0.05, 0) is 19.4 Å². The van der Waals surface area contributed by atoms with Crippen LogP contribution in [0.5, 0.6) is 11.8 Å². The Balaban J connectivity index is 1.33. The van der Waals surface area contributed by atoms with Crippen LogP contribution in [0.15, 0.2) is 18.6 Å². The van der Waals surface area contributed by atoms with Crippen LogP contribution in [-0.4, -0.2) is 70.1 Å². The number of aromatic nitrogens is 3. The Kier molecular flexibility index (Phi) is 6.78. The van der Waals surface area contributed by atoms with Crippen LogP contribution in [0, 0.1) is 0 Å². The van der Waals surface area contributed by atoms with E-state index < -0.39 is 17.8 Å². The van der Waals surface area contributed by atoms with Crippen LogP contribution in [0.4, 0.5) is 18.9 Å². The van der Waals surface area contributed by atoms with Gasteiger partial charge in [0.05, 0.1) is 36.5 Å². The lowest BCUT2D eigenvalue weighted by Gasteiger charge is -2.32. The van der Waals surface area contributed by atoms with Crippen LogP contribution in [0.3, 0.4) is 0 Å². The van der Waals surface area contributed by atoms with Gasteiger partial charge in [0.1, 0.15) is 24.2 Å².